The largest absolute Gasteiger partial charge is 0.392 e. The van der Waals surface area contributed by atoms with Crippen molar-refractivity contribution in [1.29, 1.82) is 0 Å². The molecule has 0 spiro atoms. The van der Waals surface area contributed by atoms with Gasteiger partial charge in [0.05, 0.1) is 18.5 Å². The minimum absolute atomic E-state index is 0.0972. The van der Waals surface area contributed by atoms with Crippen molar-refractivity contribution in [2.75, 3.05) is 18.1 Å². The molecule has 0 saturated carbocycles. The Bertz CT molecular complexity index is 272. The van der Waals surface area contributed by atoms with Crippen LogP contribution in [0.1, 0.15) is 6.92 Å². The molecule has 6 heteroatoms. The summed E-state index contributed by atoms with van der Waals surface area (Å²) >= 11 is 0. The lowest BCUT2D eigenvalue weighted by molar-refractivity contribution is 0.255. The lowest BCUT2D eigenvalue weighted by Gasteiger charge is -2.13. The summed E-state index contributed by atoms with van der Waals surface area (Å²) in [6, 6.07) is 0. The van der Waals surface area contributed by atoms with Crippen LogP contribution in [0.4, 0.5) is 0 Å². The summed E-state index contributed by atoms with van der Waals surface area (Å²) in [6.45, 7) is 5.92. The van der Waals surface area contributed by atoms with Crippen molar-refractivity contribution >= 4 is 18.4 Å². The third-order valence-corrected chi connectivity index (χ3v) is 5.47. The van der Waals surface area contributed by atoms with Crippen LogP contribution in [-0.2, 0) is 18.7 Å². The maximum absolute atomic E-state index is 11.2. The molecule has 0 radical (unpaired) electrons. The second kappa shape index (κ2) is 3.68. The van der Waals surface area contributed by atoms with Gasteiger partial charge in [0.25, 0.3) is 0 Å². The SMILES string of the molecule is CCS(=O)(=O)CC1CO[Si](C)(C)O1. The molecule has 0 amide bonds. The average molecular weight is 224 g/mol. The summed E-state index contributed by atoms with van der Waals surface area (Å²) in [5, 5.41) is 0. The van der Waals surface area contributed by atoms with E-state index in [9.17, 15) is 8.42 Å². The van der Waals surface area contributed by atoms with Crippen LogP contribution in [0.5, 0.6) is 0 Å². The highest BCUT2D eigenvalue weighted by atomic mass is 32.2. The van der Waals surface area contributed by atoms with E-state index in [1.54, 1.807) is 6.92 Å². The Balaban J connectivity index is 2.50. The lowest BCUT2D eigenvalue weighted by Crippen LogP contribution is -2.30. The van der Waals surface area contributed by atoms with Crippen LogP contribution in [-0.4, -0.2) is 41.2 Å². The zero-order valence-electron chi connectivity index (χ0n) is 8.24. The van der Waals surface area contributed by atoms with Gasteiger partial charge in [0.1, 0.15) is 0 Å². The molecule has 1 unspecified atom stereocenters. The Hall–Kier alpha value is 0.0869. The van der Waals surface area contributed by atoms with Crippen molar-refractivity contribution in [1.82, 2.24) is 0 Å². The van der Waals surface area contributed by atoms with E-state index < -0.39 is 18.4 Å². The molecule has 4 nitrogen and oxygen atoms in total. The molecule has 1 heterocycles. The predicted molar refractivity (Wildman–Crippen MR) is 52.6 cm³/mol. The number of rotatable bonds is 3. The molecule has 0 bridgehead atoms. The molecule has 0 aromatic heterocycles. The Morgan fingerprint density at radius 1 is 1.46 bits per heavy atom. The third-order valence-electron chi connectivity index (χ3n) is 1.95. The van der Waals surface area contributed by atoms with Gasteiger partial charge < -0.3 is 8.85 Å². The van der Waals surface area contributed by atoms with Crippen molar-refractivity contribution in [3.63, 3.8) is 0 Å². The van der Waals surface area contributed by atoms with Gasteiger partial charge in [-0.1, -0.05) is 6.92 Å². The van der Waals surface area contributed by atoms with Gasteiger partial charge in [0.15, 0.2) is 9.84 Å². The fraction of sp³-hybridized carbons (Fsp3) is 1.00. The van der Waals surface area contributed by atoms with E-state index in [0.29, 0.717) is 6.61 Å². The highest BCUT2D eigenvalue weighted by molar-refractivity contribution is 7.91. The van der Waals surface area contributed by atoms with Gasteiger partial charge >= 0.3 is 8.56 Å². The molecule has 13 heavy (non-hydrogen) atoms. The first-order chi connectivity index (χ1) is 5.85. The topological polar surface area (TPSA) is 52.6 Å². The van der Waals surface area contributed by atoms with Crippen LogP contribution in [0.3, 0.4) is 0 Å². The average Bonchev–Trinajstić information content (AvgIpc) is 2.29. The zero-order valence-corrected chi connectivity index (χ0v) is 10.1. The Morgan fingerprint density at radius 2 is 2.08 bits per heavy atom. The molecule has 1 saturated heterocycles. The maximum atomic E-state index is 11.2. The van der Waals surface area contributed by atoms with E-state index in [-0.39, 0.29) is 17.6 Å². The second-order valence-corrected chi connectivity index (χ2v) is 9.37. The summed E-state index contributed by atoms with van der Waals surface area (Å²) < 4.78 is 33.4. The standard InChI is InChI=1S/C7H16O4SSi/c1-4-12(8,9)6-7-5-10-13(2,3)11-7/h7H,4-6H2,1-3H3. The van der Waals surface area contributed by atoms with Crippen LogP contribution in [0, 0.1) is 0 Å². The normalized spacial score (nSPS) is 27.8. The van der Waals surface area contributed by atoms with Crippen LogP contribution < -0.4 is 0 Å². The Labute approximate surface area is 80.4 Å². The molecule has 1 aliphatic rings. The minimum Gasteiger partial charge on any atom is -0.392 e. The molecule has 0 N–H and O–H groups in total. The summed E-state index contributed by atoms with van der Waals surface area (Å²) in [5.41, 5.74) is 0. The smallest absolute Gasteiger partial charge is 0.332 e. The molecule has 0 aromatic rings. The molecule has 0 aromatic carbocycles. The van der Waals surface area contributed by atoms with Gasteiger partial charge in [-0.3, -0.25) is 0 Å². The number of hydrogen-bond acceptors (Lipinski definition) is 4. The van der Waals surface area contributed by atoms with Crippen molar-refractivity contribution in [2.45, 2.75) is 26.1 Å². The van der Waals surface area contributed by atoms with E-state index in [0.717, 1.165) is 0 Å². The molecular weight excluding hydrogens is 208 g/mol. The van der Waals surface area contributed by atoms with Crippen LogP contribution in [0.2, 0.25) is 13.1 Å². The van der Waals surface area contributed by atoms with Gasteiger partial charge in [-0.25, -0.2) is 8.42 Å². The first-order valence-electron chi connectivity index (χ1n) is 4.37. The molecule has 78 valence electrons. The van der Waals surface area contributed by atoms with Crippen LogP contribution in [0.15, 0.2) is 0 Å². The van der Waals surface area contributed by atoms with Gasteiger partial charge in [0, 0.05) is 5.75 Å². The molecule has 1 aliphatic heterocycles. The lowest BCUT2D eigenvalue weighted by atomic mass is 10.4. The van der Waals surface area contributed by atoms with Crippen molar-refractivity contribution in [3.05, 3.63) is 0 Å². The van der Waals surface area contributed by atoms with E-state index in [1.807, 2.05) is 13.1 Å². The van der Waals surface area contributed by atoms with Gasteiger partial charge in [-0.15, -0.1) is 0 Å². The van der Waals surface area contributed by atoms with Crippen LogP contribution >= 0.6 is 0 Å². The highest BCUT2D eigenvalue weighted by Gasteiger charge is 2.37. The van der Waals surface area contributed by atoms with Crippen molar-refractivity contribution < 1.29 is 17.3 Å². The molecule has 0 aliphatic carbocycles. The zero-order chi connectivity index (χ0) is 10.1. The Kier molecular flexibility index (Phi) is 3.16. The maximum Gasteiger partial charge on any atom is 0.332 e. The predicted octanol–water partition coefficient (Wildman–Crippen LogP) is 0.538. The molecule has 1 rings (SSSR count). The van der Waals surface area contributed by atoms with Crippen LogP contribution in [0.25, 0.3) is 0 Å². The molecular formula is C7H16O4SSi. The van der Waals surface area contributed by atoms with E-state index in [1.165, 1.54) is 0 Å². The van der Waals surface area contributed by atoms with E-state index in [4.69, 9.17) is 8.85 Å². The van der Waals surface area contributed by atoms with E-state index in [2.05, 4.69) is 0 Å². The Morgan fingerprint density at radius 3 is 2.46 bits per heavy atom. The van der Waals surface area contributed by atoms with Gasteiger partial charge in [-0.05, 0) is 13.1 Å². The van der Waals surface area contributed by atoms with Crippen molar-refractivity contribution in [3.8, 4) is 0 Å². The molecule has 1 fully saturated rings. The minimum atomic E-state index is -2.94. The van der Waals surface area contributed by atoms with Gasteiger partial charge in [0.2, 0.25) is 0 Å². The summed E-state index contributed by atoms with van der Waals surface area (Å²) in [5.74, 6) is 0.273. The number of sulfone groups is 1. The summed E-state index contributed by atoms with van der Waals surface area (Å²) in [4.78, 5) is 0. The first-order valence-corrected chi connectivity index (χ1v) is 9.00. The summed E-state index contributed by atoms with van der Waals surface area (Å²) in [7, 11) is -4.92. The fourth-order valence-corrected chi connectivity index (χ4v) is 3.94. The molecule has 1 atom stereocenters. The van der Waals surface area contributed by atoms with E-state index >= 15 is 0 Å². The number of hydrogen-bond donors (Lipinski definition) is 0. The van der Waals surface area contributed by atoms with Gasteiger partial charge in [-0.2, -0.15) is 0 Å². The monoisotopic (exact) mass is 224 g/mol. The first kappa shape index (κ1) is 11.2. The second-order valence-electron chi connectivity index (χ2n) is 3.65. The fourth-order valence-electron chi connectivity index (χ4n) is 1.25. The van der Waals surface area contributed by atoms with Crippen molar-refractivity contribution in [2.24, 2.45) is 0 Å². The quantitative estimate of drug-likeness (QED) is 0.657. The highest BCUT2D eigenvalue weighted by Crippen LogP contribution is 2.19. The third kappa shape index (κ3) is 3.38. The summed E-state index contributed by atoms with van der Waals surface area (Å²) in [6.07, 6.45) is -0.244.